The molecule has 1 saturated heterocycles. The van der Waals surface area contributed by atoms with Gasteiger partial charge in [0.1, 0.15) is 0 Å². The quantitative estimate of drug-likeness (QED) is 0.667. The van der Waals surface area contributed by atoms with E-state index in [0.717, 1.165) is 6.54 Å². The third kappa shape index (κ3) is 4.69. The third-order valence-corrected chi connectivity index (χ3v) is 2.83. The van der Waals surface area contributed by atoms with Crippen molar-refractivity contribution in [3.05, 3.63) is 0 Å². The van der Waals surface area contributed by atoms with Gasteiger partial charge < -0.3 is 15.4 Å². The van der Waals surface area contributed by atoms with Gasteiger partial charge in [0, 0.05) is 33.2 Å². The van der Waals surface area contributed by atoms with Crippen molar-refractivity contribution < 1.29 is 9.53 Å². The van der Waals surface area contributed by atoms with E-state index < -0.39 is 0 Å². The molecule has 0 aromatic heterocycles. The maximum Gasteiger partial charge on any atom is 0.236 e. The maximum absolute atomic E-state index is 11.8. The number of ether oxygens (including phenoxy) is 1. The van der Waals surface area contributed by atoms with Crippen LogP contribution in [0.25, 0.3) is 0 Å². The van der Waals surface area contributed by atoms with Gasteiger partial charge in [-0.3, -0.25) is 9.69 Å². The Balaban J connectivity index is 2.32. The number of nitrogens with two attached hydrogens (primary N) is 1. The molecular weight excluding hydrogens is 220 g/mol. The van der Waals surface area contributed by atoms with Gasteiger partial charge in [0.05, 0.1) is 31.7 Å². The molecule has 0 aromatic carbocycles. The van der Waals surface area contributed by atoms with Gasteiger partial charge in [-0.2, -0.15) is 5.26 Å². The summed E-state index contributed by atoms with van der Waals surface area (Å²) in [7, 11) is 1.72. The molecule has 1 unspecified atom stereocenters. The summed E-state index contributed by atoms with van der Waals surface area (Å²) in [5.74, 6) is 0.0397. The summed E-state index contributed by atoms with van der Waals surface area (Å²) in [6, 6.07) is 2.03. The Hall–Kier alpha value is -1.16. The minimum Gasteiger partial charge on any atom is -0.374 e. The van der Waals surface area contributed by atoms with E-state index in [0.29, 0.717) is 39.2 Å². The molecule has 0 radical (unpaired) electrons. The Kier molecular flexibility index (Phi) is 5.91. The molecule has 1 atom stereocenters. The minimum absolute atomic E-state index is 0.0287. The number of carbonyl (C=O) groups is 1. The lowest BCUT2D eigenvalue weighted by Gasteiger charge is -2.32. The maximum atomic E-state index is 11.8. The fourth-order valence-electron chi connectivity index (χ4n) is 1.72. The molecule has 96 valence electrons. The van der Waals surface area contributed by atoms with E-state index in [1.807, 2.05) is 11.0 Å². The summed E-state index contributed by atoms with van der Waals surface area (Å²) >= 11 is 0. The lowest BCUT2D eigenvalue weighted by molar-refractivity contribution is -0.132. The molecule has 1 aliphatic heterocycles. The highest BCUT2D eigenvalue weighted by molar-refractivity contribution is 5.78. The summed E-state index contributed by atoms with van der Waals surface area (Å²) < 4.78 is 5.43. The molecule has 2 N–H and O–H groups in total. The zero-order valence-corrected chi connectivity index (χ0v) is 10.3. The van der Waals surface area contributed by atoms with Crippen LogP contribution in [-0.2, 0) is 9.53 Å². The van der Waals surface area contributed by atoms with Crippen LogP contribution >= 0.6 is 0 Å². The first-order valence-corrected chi connectivity index (χ1v) is 5.82. The zero-order chi connectivity index (χ0) is 12.7. The second-order valence-electron chi connectivity index (χ2n) is 4.19. The zero-order valence-electron chi connectivity index (χ0n) is 10.3. The van der Waals surface area contributed by atoms with Gasteiger partial charge in [-0.1, -0.05) is 0 Å². The average Bonchev–Trinajstić information content (AvgIpc) is 2.36. The smallest absolute Gasteiger partial charge is 0.236 e. The molecule has 1 aliphatic rings. The predicted molar refractivity (Wildman–Crippen MR) is 63.1 cm³/mol. The second kappa shape index (κ2) is 7.22. The van der Waals surface area contributed by atoms with Gasteiger partial charge in [-0.05, 0) is 0 Å². The van der Waals surface area contributed by atoms with Gasteiger partial charge >= 0.3 is 0 Å². The van der Waals surface area contributed by atoms with Crippen molar-refractivity contribution in [1.29, 1.82) is 5.26 Å². The molecule has 6 nitrogen and oxygen atoms in total. The highest BCUT2D eigenvalue weighted by Gasteiger charge is 2.22. The normalized spacial score (nSPS) is 20.9. The van der Waals surface area contributed by atoms with Crippen LogP contribution in [0.4, 0.5) is 0 Å². The molecule has 1 rings (SSSR count). The number of nitrogens with zero attached hydrogens (tertiary/aromatic N) is 3. The molecule has 0 spiro atoms. The Morgan fingerprint density at radius 3 is 3.12 bits per heavy atom. The molecule has 0 aromatic rings. The van der Waals surface area contributed by atoms with E-state index in [1.165, 1.54) is 0 Å². The lowest BCUT2D eigenvalue weighted by Crippen LogP contribution is -2.49. The van der Waals surface area contributed by atoms with Gasteiger partial charge in [-0.15, -0.1) is 0 Å². The van der Waals surface area contributed by atoms with Crippen molar-refractivity contribution in [2.45, 2.75) is 12.5 Å². The minimum atomic E-state index is 0.0287. The Morgan fingerprint density at radius 1 is 1.71 bits per heavy atom. The number of rotatable bonds is 5. The summed E-state index contributed by atoms with van der Waals surface area (Å²) in [5, 5.41) is 8.46. The van der Waals surface area contributed by atoms with Crippen molar-refractivity contribution >= 4 is 5.91 Å². The van der Waals surface area contributed by atoms with E-state index in [1.54, 1.807) is 11.9 Å². The van der Waals surface area contributed by atoms with Crippen LogP contribution in [0.3, 0.4) is 0 Å². The van der Waals surface area contributed by atoms with Crippen LogP contribution < -0.4 is 5.73 Å². The van der Waals surface area contributed by atoms with E-state index in [4.69, 9.17) is 15.7 Å². The largest absolute Gasteiger partial charge is 0.374 e. The topological polar surface area (TPSA) is 82.6 Å². The predicted octanol–water partition coefficient (Wildman–Crippen LogP) is -0.982. The molecule has 17 heavy (non-hydrogen) atoms. The first kappa shape index (κ1) is 13.9. The number of nitriles is 1. The molecular formula is C11H20N4O2. The number of carbonyl (C=O) groups excluding carboxylic acids is 1. The fourth-order valence-corrected chi connectivity index (χ4v) is 1.72. The highest BCUT2D eigenvalue weighted by atomic mass is 16.5. The second-order valence-corrected chi connectivity index (χ2v) is 4.19. The van der Waals surface area contributed by atoms with Crippen molar-refractivity contribution in [3.8, 4) is 6.07 Å². The summed E-state index contributed by atoms with van der Waals surface area (Å²) in [4.78, 5) is 15.5. The summed E-state index contributed by atoms with van der Waals surface area (Å²) in [6.45, 7) is 3.43. The molecule has 1 heterocycles. The molecule has 1 amide bonds. The van der Waals surface area contributed by atoms with E-state index >= 15 is 0 Å². The highest BCUT2D eigenvalue weighted by Crippen LogP contribution is 2.04. The van der Waals surface area contributed by atoms with Crippen LogP contribution in [0.1, 0.15) is 6.42 Å². The van der Waals surface area contributed by atoms with E-state index in [2.05, 4.69) is 0 Å². The number of hydrogen-bond acceptors (Lipinski definition) is 5. The SMILES string of the molecule is CN(CCC#N)C(=O)CN1CCOC(CN)C1. The van der Waals surface area contributed by atoms with Gasteiger partial charge in [0.25, 0.3) is 0 Å². The van der Waals surface area contributed by atoms with Gasteiger partial charge in [0.2, 0.25) is 5.91 Å². The Labute approximate surface area is 102 Å². The van der Waals surface area contributed by atoms with Crippen molar-refractivity contribution in [2.75, 3.05) is 46.4 Å². The number of likely N-dealkylation sites (N-methyl/N-ethyl adjacent to an activating group) is 1. The van der Waals surface area contributed by atoms with Crippen molar-refractivity contribution in [2.24, 2.45) is 5.73 Å². The lowest BCUT2D eigenvalue weighted by atomic mass is 10.2. The van der Waals surface area contributed by atoms with Crippen LogP contribution in [0.2, 0.25) is 0 Å². The van der Waals surface area contributed by atoms with Crippen molar-refractivity contribution in [1.82, 2.24) is 9.80 Å². The third-order valence-electron chi connectivity index (χ3n) is 2.83. The first-order valence-electron chi connectivity index (χ1n) is 5.82. The summed E-state index contributed by atoms with van der Waals surface area (Å²) in [5.41, 5.74) is 5.54. The Morgan fingerprint density at radius 2 is 2.47 bits per heavy atom. The molecule has 0 saturated carbocycles. The van der Waals surface area contributed by atoms with E-state index in [-0.39, 0.29) is 12.0 Å². The van der Waals surface area contributed by atoms with Crippen molar-refractivity contribution in [3.63, 3.8) is 0 Å². The molecule has 1 fully saturated rings. The average molecular weight is 240 g/mol. The van der Waals surface area contributed by atoms with Crippen LogP contribution in [0.5, 0.6) is 0 Å². The monoisotopic (exact) mass is 240 g/mol. The van der Waals surface area contributed by atoms with E-state index in [9.17, 15) is 4.79 Å². The van der Waals surface area contributed by atoms with Gasteiger partial charge in [0.15, 0.2) is 0 Å². The van der Waals surface area contributed by atoms with Gasteiger partial charge in [-0.25, -0.2) is 0 Å². The summed E-state index contributed by atoms with van der Waals surface area (Å²) in [6.07, 6.45) is 0.400. The molecule has 0 aliphatic carbocycles. The number of hydrogen-bond donors (Lipinski definition) is 1. The standard InChI is InChI=1S/C11H20N4O2/c1-14(4-2-3-12)11(16)9-15-5-6-17-10(7-13)8-15/h10H,2,4-9,13H2,1H3. The first-order chi connectivity index (χ1) is 8.17. The number of amides is 1. The number of morpholine rings is 1. The Bertz CT molecular complexity index is 290. The van der Waals surface area contributed by atoms with Crippen LogP contribution in [0, 0.1) is 11.3 Å². The van der Waals surface area contributed by atoms with Crippen LogP contribution in [-0.4, -0.2) is 68.2 Å². The van der Waals surface area contributed by atoms with Crippen LogP contribution in [0.15, 0.2) is 0 Å². The molecule has 0 bridgehead atoms. The molecule has 6 heteroatoms. The fraction of sp³-hybridized carbons (Fsp3) is 0.818.